The van der Waals surface area contributed by atoms with Crippen LogP contribution in [0.2, 0.25) is 0 Å². The summed E-state index contributed by atoms with van der Waals surface area (Å²) in [6.45, 7) is 11.6. The highest BCUT2D eigenvalue weighted by molar-refractivity contribution is 5.20. The molecule has 0 radical (unpaired) electrons. The number of nitrogens with zero attached hydrogens (tertiary/aromatic N) is 1. The predicted molar refractivity (Wildman–Crippen MR) is 87.0 cm³/mol. The molecule has 2 nitrogen and oxygen atoms in total. The van der Waals surface area contributed by atoms with E-state index in [-0.39, 0.29) is 0 Å². The number of benzene rings is 1. The first-order valence-electron chi connectivity index (χ1n) is 8.21. The molecule has 0 bridgehead atoms. The van der Waals surface area contributed by atoms with Gasteiger partial charge in [0.2, 0.25) is 0 Å². The van der Waals surface area contributed by atoms with Gasteiger partial charge in [-0.3, -0.25) is 4.90 Å². The summed E-state index contributed by atoms with van der Waals surface area (Å²) in [5.41, 5.74) is 1.76. The molecule has 2 atom stereocenters. The summed E-state index contributed by atoms with van der Waals surface area (Å²) in [5.74, 6) is 0. The van der Waals surface area contributed by atoms with E-state index in [1.165, 1.54) is 24.8 Å². The number of rotatable bonds is 5. The lowest BCUT2D eigenvalue weighted by molar-refractivity contribution is 0.0418. The summed E-state index contributed by atoms with van der Waals surface area (Å²) >= 11 is 0. The van der Waals surface area contributed by atoms with Crippen LogP contribution in [0.4, 0.5) is 0 Å². The van der Waals surface area contributed by atoms with Gasteiger partial charge in [0.25, 0.3) is 0 Å². The minimum Gasteiger partial charge on any atom is -0.308 e. The minimum atomic E-state index is 0.300. The summed E-state index contributed by atoms with van der Waals surface area (Å²) in [6.07, 6.45) is 3.59. The molecule has 0 amide bonds. The number of hydrogen-bond acceptors (Lipinski definition) is 2. The van der Waals surface area contributed by atoms with E-state index < -0.39 is 0 Å². The van der Waals surface area contributed by atoms with Gasteiger partial charge in [0.15, 0.2) is 0 Å². The Kier molecular flexibility index (Phi) is 5.22. The van der Waals surface area contributed by atoms with Crippen molar-refractivity contribution in [3.05, 3.63) is 35.9 Å². The Labute approximate surface area is 124 Å². The molecule has 0 aromatic heterocycles. The predicted octanol–water partition coefficient (Wildman–Crippen LogP) is 3.99. The normalized spacial score (nSPS) is 24.5. The molecule has 2 heteroatoms. The van der Waals surface area contributed by atoms with Crippen molar-refractivity contribution in [3.63, 3.8) is 0 Å². The average Bonchev–Trinajstić information content (AvgIpc) is 2.51. The Bertz CT molecular complexity index is 397. The van der Waals surface area contributed by atoms with Crippen molar-refractivity contribution in [1.29, 1.82) is 0 Å². The van der Waals surface area contributed by atoms with Crippen molar-refractivity contribution in [2.75, 3.05) is 13.1 Å². The molecule has 112 valence electrons. The lowest BCUT2D eigenvalue weighted by Gasteiger charge is -2.49. The van der Waals surface area contributed by atoms with Crippen LogP contribution in [0.15, 0.2) is 30.3 Å². The Morgan fingerprint density at radius 2 is 1.85 bits per heavy atom. The third-order valence-corrected chi connectivity index (χ3v) is 5.15. The maximum absolute atomic E-state index is 3.80. The molecule has 0 saturated carbocycles. The molecule has 1 saturated heterocycles. The number of piperazine rings is 1. The summed E-state index contributed by atoms with van der Waals surface area (Å²) in [4.78, 5) is 2.72. The molecule has 0 spiro atoms. The smallest absolute Gasteiger partial charge is 0.0349 e. The maximum Gasteiger partial charge on any atom is 0.0349 e. The quantitative estimate of drug-likeness (QED) is 0.873. The summed E-state index contributed by atoms with van der Waals surface area (Å²) in [5, 5.41) is 3.80. The lowest BCUT2D eigenvalue weighted by Crippen LogP contribution is -2.63. The highest BCUT2D eigenvalue weighted by Gasteiger charge is 2.37. The third-order valence-electron chi connectivity index (χ3n) is 5.15. The molecular formula is C18H30N2. The minimum absolute atomic E-state index is 0.300. The van der Waals surface area contributed by atoms with Crippen LogP contribution in [0, 0.1) is 0 Å². The fourth-order valence-corrected chi connectivity index (χ4v) is 3.52. The summed E-state index contributed by atoms with van der Waals surface area (Å²) in [7, 11) is 0. The number of hydrogen-bond donors (Lipinski definition) is 1. The van der Waals surface area contributed by atoms with E-state index in [0.29, 0.717) is 17.6 Å². The van der Waals surface area contributed by atoms with Gasteiger partial charge in [-0.15, -0.1) is 0 Å². The van der Waals surface area contributed by atoms with Crippen LogP contribution in [-0.4, -0.2) is 29.6 Å². The van der Waals surface area contributed by atoms with Crippen molar-refractivity contribution >= 4 is 0 Å². The van der Waals surface area contributed by atoms with Gasteiger partial charge in [-0.25, -0.2) is 0 Å². The van der Waals surface area contributed by atoms with E-state index in [1.807, 2.05) is 0 Å². The molecule has 2 rings (SSSR count). The van der Waals surface area contributed by atoms with Crippen LogP contribution in [-0.2, 0) is 0 Å². The van der Waals surface area contributed by atoms with Gasteiger partial charge in [-0.2, -0.15) is 0 Å². The zero-order valence-electron chi connectivity index (χ0n) is 13.5. The van der Waals surface area contributed by atoms with Crippen LogP contribution < -0.4 is 5.32 Å². The molecule has 0 aliphatic carbocycles. The zero-order chi connectivity index (χ0) is 14.6. The highest BCUT2D eigenvalue weighted by Crippen LogP contribution is 2.32. The van der Waals surface area contributed by atoms with E-state index in [9.17, 15) is 0 Å². The first-order chi connectivity index (χ1) is 9.65. The molecule has 20 heavy (non-hydrogen) atoms. The van der Waals surface area contributed by atoms with Crippen LogP contribution in [0.3, 0.4) is 0 Å². The monoisotopic (exact) mass is 274 g/mol. The third kappa shape index (κ3) is 3.07. The van der Waals surface area contributed by atoms with E-state index >= 15 is 0 Å². The van der Waals surface area contributed by atoms with Crippen LogP contribution in [0.1, 0.15) is 58.6 Å². The summed E-state index contributed by atoms with van der Waals surface area (Å²) < 4.78 is 0. The van der Waals surface area contributed by atoms with Gasteiger partial charge in [0.1, 0.15) is 0 Å². The van der Waals surface area contributed by atoms with Crippen LogP contribution >= 0.6 is 0 Å². The molecule has 1 aromatic rings. The van der Waals surface area contributed by atoms with Crippen molar-refractivity contribution in [1.82, 2.24) is 10.2 Å². The van der Waals surface area contributed by atoms with E-state index in [2.05, 4.69) is 68.2 Å². The molecular weight excluding hydrogens is 244 g/mol. The second-order valence-corrected chi connectivity index (χ2v) is 6.22. The standard InChI is InChI=1S/C18H30N2/c1-5-17(16-11-9-8-10-12-16)20-14-18(6-2,7-3)19-13-15(20)4/h8-12,15,17,19H,5-7,13-14H2,1-4H3. The molecule has 1 fully saturated rings. The molecule has 1 aromatic carbocycles. The van der Waals surface area contributed by atoms with E-state index in [4.69, 9.17) is 0 Å². The molecule has 2 unspecified atom stereocenters. The molecule has 1 heterocycles. The van der Waals surface area contributed by atoms with E-state index in [1.54, 1.807) is 0 Å². The Morgan fingerprint density at radius 1 is 1.20 bits per heavy atom. The first-order valence-corrected chi connectivity index (χ1v) is 8.21. The van der Waals surface area contributed by atoms with Gasteiger partial charge in [0, 0.05) is 30.7 Å². The van der Waals surface area contributed by atoms with Crippen LogP contribution in [0.5, 0.6) is 0 Å². The van der Waals surface area contributed by atoms with Gasteiger partial charge in [-0.1, -0.05) is 51.1 Å². The second kappa shape index (κ2) is 6.73. The molecule has 1 aliphatic heterocycles. The SMILES string of the molecule is CCC(c1ccccc1)N1CC(CC)(CC)NCC1C. The fourth-order valence-electron chi connectivity index (χ4n) is 3.52. The Balaban J connectivity index is 2.23. The first kappa shape index (κ1) is 15.5. The average molecular weight is 274 g/mol. The topological polar surface area (TPSA) is 15.3 Å². The number of nitrogens with one attached hydrogen (secondary N) is 1. The fraction of sp³-hybridized carbons (Fsp3) is 0.667. The van der Waals surface area contributed by atoms with Crippen LogP contribution in [0.25, 0.3) is 0 Å². The van der Waals surface area contributed by atoms with Crippen molar-refractivity contribution < 1.29 is 0 Å². The van der Waals surface area contributed by atoms with E-state index in [0.717, 1.165) is 13.1 Å². The van der Waals surface area contributed by atoms with Crippen molar-refractivity contribution in [3.8, 4) is 0 Å². The lowest BCUT2D eigenvalue weighted by atomic mass is 9.86. The van der Waals surface area contributed by atoms with Crippen molar-refractivity contribution in [2.45, 2.75) is 64.6 Å². The largest absolute Gasteiger partial charge is 0.308 e. The Hall–Kier alpha value is -0.860. The van der Waals surface area contributed by atoms with Gasteiger partial charge >= 0.3 is 0 Å². The summed E-state index contributed by atoms with van der Waals surface area (Å²) in [6, 6.07) is 12.2. The van der Waals surface area contributed by atoms with Crippen molar-refractivity contribution in [2.24, 2.45) is 0 Å². The zero-order valence-corrected chi connectivity index (χ0v) is 13.5. The van der Waals surface area contributed by atoms with Gasteiger partial charge in [0.05, 0.1) is 0 Å². The maximum atomic E-state index is 3.80. The molecule has 1 aliphatic rings. The molecule has 1 N–H and O–H groups in total. The highest BCUT2D eigenvalue weighted by atomic mass is 15.3. The Morgan fingerprint density at radius 3 is 2.40 bits per heavy atom. The van der Waals surface area contributed by atoms with Gasteiger partial charge in [-0.05, 0) is 31.7 Å². The van der Waals surface area contributed by atoms with Gasteiger partial charge < -0.3 is 5.32 Å². The second-order valence-electron chi connectivity index (χ2n) is 6.22.